The number of benzene rings is 1. The first kappa shape index (κ1) is 20.5. The molecule has 2 heterocycles. The van der Waals surface area contributed by atoms with Crippen molar-refractivity contribution in [1.29, 1.82) is 5.26 Å². The van der Waals surface area contributed by atoms with E-state index in [-0.39, 0.29) is 30.3 Å². The highest BCUT2D eigenvalue weighted by molar-refractivity contribution is 5.91. The Hall–Kier alpha value is -4.19. The molecule has 0 spiro atoms. The van der Waals surface area contributed by atoms with E-state index in [1.807, 2.05) is 36.4 Å². The molecule has 9 heteroatoms. The average molecular weight is 404 g/mol. The molecule has 0 saturated carbocycles. The van der Waals surface area contributed by atoms with Gasteiger partial charge >= 0.3 is 0 Å². The number of para-hydroxylation sites is 1. The number of hydrogen-bond acceptors (Lipinski definition) is 7. The van der Waals surface area contributed by atoms with Gasteiger partial charge in [0.05, 0.1) is 12.1 Å². The second-order valence-electron chi connectivity index (χ2n) is 6.17. The number of amides is 1. The van der Waals surface area contributed by atoms with Crippen molar-refractivity contribution in [2.75, 3.05) is 25.0 Å². The Balaban J connectivity index is 1.47. The molecule has 2 N–H and O–H groups in total. The van der Waals surface area contributed by atoms with Gasteiger partial charge in [0.2, 0.25) is 0 Å². The van der Waals surface area contributed by atoms with Gasteiger partial charge in [-0.15, -0.1) is 0 Å². The van der Waals surface area contributed by atoms with Crippen LogP contribution in [-0.4, -0.2) is 40.4 Å². The van der Waals surface area contributed by atoms with Crippen LogP contribution in [0.2, 0.25) is 0 Å². The molecule has 1 amide bonds. The Morgan fingerprint density at radius 3 is 2.67 bits per heavy atom. The fraction of sp³-hybridized carbons (Fsp3) is 0.190. The lowest BCUT2D eigenvalue weighted by Crippen LogP contribution is -2.33. The Morgan fingerprint density at radius 2 is 1.93 bits per heavy atom. The van der Waals surface area contributed by atoms with Crippen LogP contribution < -0.4 is 20.9 Å². The molecule has 3 aromatic rings. The number of pyridine rings is 1. The molecule has 0 aliphatic heterocycles. The molecule has 0 bridgehead atoms. The highest BCUT2D eigenvalue weighted by Gasteiger charge is 2.09. The summed E-state index contributed by atoms with van der Waals surface area (Å²) in [5.74, 6) is 0.916. The van der Waals surface area contributed by atoms with E-state index < -0.39 is 0 Å². The molecule has 152 valence electrons. The summed E-state index contributed by atoms with van der Waals surface area (Å²) in [6.07, 6.45) is 1.47. The van der Waals surface area contributed by atoms with E-state index in [1.54, 1.807) is 12.1 Å². The highest BCUT2D eigenvalue weighted by atomic mass is 16.5. The van der Waals surface area contributed by atoms with Crippen molar-refractivity contribution >= 4 is 11.7 Å². The van der Waals surface area contributed by atoms with Gasteiger partial charge in [0, 0.05) is 25.4 Å². The molecule has 0 unspecified atom stereocenters. The highest BCUT2D eigenvalue weighted by Crippen LogP contribution is 2.07. The largest absolute Gasteiger partial charge is 0.492 e. The van der Waals surface area contributed by atoms with Gasteiger partial charge < -0.3 is 15.4 Å². The fourth-order valence-electron chi connectivity index (χ4n) is 2.52. The number of hydrogen-bond donors (Lipinski definition) is 2. The standard InChI is InChI=1S/C21H20N6O3/c22-14-16-6-8-19(25-15-16)23-10-11-24-21(29)18-7-9-20(28)27(26-18)12-13-30-17-4-2-1-3-5-17/h1-9,15H,10-13H2,(H,23,25)(H,24,29). The summed E-state index contributed by atoms with van der Waals surface area (Å²) < 4.78 is 6.77. The van der Waals surface area contributed by atoms with Crippen molar-refractivity contribution in [3.63, 3.8) is 0 Å². The van der Waals surface area contributed by atoms with Crippen molar-refractivity contribution in [3.8, 4) is 11.8 Å². The predicted octanol–water partition coefficient (Wildman–Crippen LogP) is 1.43. The third-order valence-corrected chi connectivity index (χ3v) is 4.02. The van der Waals surface area contributed by atoms with Gasteiger partial charge in [-0.3, -0.25) is 9.59 Å². The van der Waals surface area contributed by atoms with Crippen LogP contribution >= 0.6 is 0 Å². The second-order valence-corrected chi connectivity index (χ2v) is 6.17. The normalized spacial score (nSPS) is 10.1. The van der Waals surface area contributed by atoms with Crippen molar-refractivity contribution < 1.29 is 9.53 Å². The first-order chi connectivity index (χ1) is 14.7. The third kappa shape index (κ3) is 5.90. The molecular weight excluding hydrogens is 384 g/mol. The first-order valence-corrected chi connectivity index (χ1v) is 9.30. The van der Waals surface area contributed by atoms with Gasteiger partial charge in [0.15, 0.2) is 0 Å². The monoisotopic (exact) mass is 404 g/mol. The van der Waals surface area contributed by atoms with Gasteiger partial charge in [0.25, 0.3) is 11.5 Å². The number of anilines is 1. The molecule has 30 heavy (non-hydrogen) atoms. The topological polar surface area (TPSA) is 122 Å². The van der Waals surface area contributed by atoms with Crippen LogP contribution in [0.5, 0.6) is 5.75 Å². The first-order valence-electron chi connectivity index (χ1n) is 9.30. The molecule has 0 saturated heterocycles. The van der Waals surface area contributed by atoms with Crippen LogP contribution in [0, 0.1) is 11.3 Å². The minimum Gasteiger partial charge on any atom is -0.492 e. The second kappa shape index (κ2) is 10.4. The Labute approximate surface area is 173 Å². The lowest BCUT2D eigenvalue weighted by Gasteiger charge is -2.10. The fourth-order valence-corrected chi connectivity index (χ4v) is 2.52. The zero-order valence-corrected chi connectivity index (χ0v) is 16.1. The average Bonchev–Trinajstić information content (AvgIpc) is 2.79. The number of aromatic nitrogens is 3. The van der Waals surface area contributed by atoms with E-state index in [0.717, 1.165) is 0 Å². The van der Waals surface area contributed by atoms with Gasteiger partial charge in [-0.05, 0) is 30.3 Å². The van der Waals surface area contributed by atoms with Crippen LogP contribution in [0.3, 0.4) is 0 Å². The van der Waals surface area contributed by atoms with Crippen LogP contribution in [0.25, 0.3) is 0 Å². The van der Waals surface area contributed by atoms with Crippen molar-refractivity contribution in [3.05, 3.63) is 82.4 Å². The van der Waals surface area contributed by atoms with Gasteiger partial charge in [0.1, 0.15) is 29.9 Å². The lowest BCUT2D eigenvalue weighted by atomic mass is 10.3. The minimum atomic E-state index is -0.387. The molecule has 9 nitrogen and oxygen atoms in total. The zero-order chi connectivity index (χ0) is 21.2. The Kier molecular flexibility index (Phi) is 7.11. The molecule has 0 aliphatic carbocycles. The minimum absolute atomic E-state index is 0.144. The predicted molar refractivity (Wildman–Crippen MR) is 110 cm³/mol. The summed E-state index contributed by atoms with van der Waals surface area (Å²) in [6.45, 7) is 1.25. The zero-order valence-electron chi connectivity index (χ0n) is 16.1. The number of nitriles is 1. The summed E-state index contributed by atoms with van der Waals surface area (Å²) in [5.41, 5.74) is 0.312. The molecule has 0 aliphatic rings. The molecule has 2 aromatic heterocycles. The maximum atomic E-state index is 12.3. The van der Waals surface area contributed by atoms with Gasteiger partial charge in [-0.2, -0.15) is 10.4 Å². The van der Waals surface area contributed by atoms with Crippen LogP contribution in [0.1, 0.15) is 16.1 Å². The summed E-state index contributed by atoms with van der Waals surface area (Å²) >= 11 is 0. The van der Waals surface area contributed by atoms with Crippen LogP contribution in [-0.2, 0) is 6.54 Å². The SMILES string of the molecule is N#Cc1ccc(NCCNC(=O)c2ccc(=O)n(CCOc3ccccc3)n2)nc1. The number of rotatable bonds is 9. The number of nitrogens with one attached hydrogen (secondary N) is 2. The van der Waals surface area contributed by atoms with Gasteiger partial charge in [-0.25, -0.2) is 9.67 Å². The number of carbonyl (C=O) groups excluding carboxylic acids is 1. The Bertz CT molecular complexity index is 1070. The summed E-state index contributed by atoms with van der Waals surface area (Å²) in [6, 6.07) is 17.3. The quantitative estimate of drug-likeness (QED) is 0.517. The van der Waals surface area contributed by atoms with E-state index in [1.165, 1.54) is 23.0 Å². The smallest absolute Gasteiger partial charge is 0.271 e. The molecule has 3 rings (SSSR count). The van der Waals surface area contributed by atoms with Crippen molar-refractivity contribution in [2.45, 2.75) is 6.54 Å². The van der Waals surface area contributed by atoms with E-state index in [2.05, 4.69) is 20.7 Å². The molecular formula is C21H20N6O3. The number of ether oxygens (including phenoxy) is 1. The van der Waals surface area contributed by atoms with Gasteiger partial charge in [-0.1, -0.05) is 18.2 Å². The van der Waals surface area contributed by atoms with Crippen LogP contribution in [0.4, 0.5) is 5.82 Å². The summed E-state index contributed by atoms with van der Waals surface area (Å²) in [7, 11) is 0. The molecule has 0 atom stereocenters. The number of carbonyl (C=O) groups is 1. The maximum Gasteiger partial charge on any atom is 0.271 e. The molecule has 0 fully saturated rings. The van der Waals surface area contributed by atoms with E-state index in [0.29, 0.717) is 30.2 Å². The Morgan fingerprint density at radius 1 is 1.10 bits per heavy atom. The summed E-state index contributed by atoms with van der Waals surface area (Å²) in [5, 5.41) is 18.6. The van der Waals surface area contributed by atoms with E-state index in [4.69, 9.17) is 10.00 Å². The van der Waals surface area contributed by atoms with Crippen molar-refractivity contribution in [1.82, 2.24) is 20.1 Å². The summed E-state index contributed by atoms with van der Waals surface area (Å²) in [4.78, 5) is 28.4. The molecule has 0 radical (unpaired) electrons. The van der Waals surface area contributed by atoms with Crippen LogP contribution in [0.15, 0.2) is 65.6 Å². The third-order valence-electron chi connectivity index (χ3n) is 4.02. The lowest BCUT2D eigenvalue weighted by molar-refractivity contribution is 0.0947. The number of nitrogens with zero attached hydrogens (tertiary/aromatic N) is 4. The van der Waals surface area contributed by atoms with E-state index in [9.17, 15) is 9.59 Å². The van der Waals surface area contributed by atoms with E-state index >= 15 is 0 Å². The maximum absolute atomic E-state index is 12.3. The molecule has 1 aromatic carbocycles. The van der Waals surface area contributed by atoms with Crippen molar-refractivity contribution in [2.24, 2.45) is 0 Å².